The average molecular weight is 278 g/mol. The lowest BCUT2D eigenvalue weighted by Crippen LogP contribution is -2.13. The molecule has 3 N–H and O–H groups in total. The maximum absolute atomic E-state index is 11.9. The number of carbonyl (C=O) groups is 1. The zero-order valence-corrected chi connectivity index (χ0v) is 10.7. The van der Waals surface area contributed by atoms with Gasteiger partial charge in [0.15, 0.2) is 5.13 Å². The highest BCUT2D eigenvalue weighted by Crippen LogP contribution is 2.25. The van der Waals surface area contributed by atoms with Gasteiger partial charge >= 0.3 is 0 Å². The van der Waals surface area contributed by atoms with Crippen molar-refractivity contribution in [3.63, 3.8) is 0 Å². The van der Waals surface area contributed by atoms with Gasteiger partial charge in [0, 0.05) is 11.4 Å². The van der Waals surface area contributed by atoms with E-state index < -0.39 is 10.8 Å². The van der Waals surface area contributed by atoms with Crippen molar-refractivity contribution >= 4 is 33.8 Å². The summed E-state index contributed by atoms with van der Waals surface area (Å²) < 4.78 is 0. The number of carbonyl (C=O) groups excluding carboxylic acids is 1. The van der Waals surface area contributed by atoms with Crippen LogP contribution in [0.15, 0.2) is 23.6 Å². The molecule has 8 heteroatoms. The Bertz CT molecular complexity index is 653. The Labute approximate surface area is 112 Å². The van der Waals surface area contributed by atoms with E-state index in [9.17, 15) is 14.9 Å². The zero-order valence-electron chi connectivity index (χ0n) is 9.91. The quantitative estimate of drug-likeness (QED) is 0.660. The van der Waals surface area contributed by atoms with Gasteiger partial charge < -0.3 is 11.1 Å². The van der Waals surface area contributed by atoms with Crippen molar-refractivity contribution in [1.82, 2.24) is 4.98 Å². The lowest BCUT2D eigenvalue weighted by atomic mass is 10.1. The van der Waals surface area contributed by atoms with E-state index >= 15 is 0 Å². The van der Waals surface area contributed by atoms with Gasteiger partial charge in [-0.2, -0.15) is 0 Å². The van der Waals surface area contributed by atoms with Gasteiger partial charge in [-0.15, -0.1) is 11.3 Å². The summed E-state index contributed by atoms with van der Waals surface area (Å²) in [5.41, 5.74) is 6.36. The highest BCUT2D eigenvalue weighted by Gasteiger charge is 2.16. The highest BCUT2D eigenvalue weighted by molar-refractivity contribution is 7.13. The predicted molar refractivity (Wildman–Crippen MR) is 72.3 cm³/mol. The first-order valence-corrected chi connectivity index (χ1v) is 6.13. The van der Waals surface area contributed by atoms with Crippen LogP contribution in [-0.2, 0) is 0 Å². The first-order chi connectivity index (χ1) is 8.99. The van der Waals surface area contributed by atoms with Gasteiger partial charge in [-0.3, -0.25) is 14.9 Å². The van der Waals surface area contributed by atoms with Crippen molar-refractivity contribution in [2.75, 3.05) is 11.1 Å². The molecule has 0 radical (unpaired) electrons. The number of aromatic nitrogens is 1. The van der Waals surface area contributed by atoms with Crippen molar-refractivity contribution in [2.24, 2.45) is 0 Å². The lowest BCUT2D eigenvalue weighted by molar-refractivity contribution is -0.385. The molecule has 0 aliphatic heterocycles. The van der Waals surface area contributed by atoms with Gasteiger partial charge in [-0.1, -0.05) is 6.07 Å². The number of nitrogens with one attached hydrogen (secondary N) is 1. The van der Waals surface area contributed by atoms with Gasteiger partial charge in [0.05, 0.1) is 16.2 Å². The third-order valence-electron chi connectivity index (χ3n) is 2.50. The van der Waals surface area contributed by atoms with Crippen LogP contribution in [0.4, 0.5) is 16.5 Å². The average Bonchev–Trinajstić information content (AvgIpc) is 2.78. The Kier molecular flexibility index (Phi) is 3.43. The number of thiazole rings is 1. The van der Waals surface area contributed by atoms with Crippen molar-refractivity contribution in [3.8, 4) is 0 Å². The second-order valence-electron chi connectivity index (χ2n) is 3.73. The van der Waals surface area contributed by atoms with Crippen LogP contribution in [0.2, 0.25) is 0 Å². The third-order valence-corrected chi connectivity index (χ3v) is 3.18. The largest absolute Gasteiger partial charge is 0.375 e. The van der Waals surface area contributed by atoms with E-state index in [1.807, 2.05) is 0 Å². The summed E-state index contributed by atoms with van der Waals surface area (Å²) in [7, 11) is 0. The molecule has 19 heavy (non-hydrogen) atoms. The Balaban J connectivity index is 2.27. The number of rotatable bonds is 3. The Hall–Kier alpha value is -2.48. The molecule has 0 aliphatic rings. The van der Waals surface area contributed by atoms with Gasteiger partial charge in [-0.05, 0) is 13.0 Å². The number of nitrogens with zero attached hydrogens (tertiary/aromatic N) is 2. The smallest absolute Gasteiger partial charge is 0.275 e. The third kappa shape index (κ3) is 2.68. The van der Waals surface area contributed by atoms with Crippen LogP contribution < -0.4 is 11.1 Å². The minimum Gasteiger partial charge on any atom is -0.375 e. The van der Waals surface area contributed by atoms with Gasteiger partial charge in [0.2, 0.25) is 0 Å². The molecular formula is C11H10N4O3S. The maximum Gasteiger partial charge on any atom is 0.275 e. The van der Waals surface area contributed by atoms with E-state index in [1.54, 1.807) is 13.0 Å². The van der Waals surface area contributed by atoms with Crippen molar-refractivity contribution < 1.29 is 9.72 Å². The van der Waals surface area contributed by atoms with Crippen molar-refractivity contribution in [1.29, 1.82) is 0 Å². The first-order valence-electron chi connectivity index (χ1n) is 5.25. The van der Waals surface area contributed by atoms with Crippen LogP contribution >= 0.6 is 11.3 Å². The van der Waals surface area contributed by atoms with Crippen LogP contribution in [0, 0.1) is 17.0 Å². The van der Waals surface area contributed by atoms with Crippen molar-refractivity contribution in [2.45, 2.75) is 6.92 Å². The summed E-state index contributed by atoms with van der Waals surface area (Å²) >= 11 is 1.15. The van der Waals surface area contributed by atoms with E-state index in [-0.39, 0.29) is 11.4 Å². The minimum absolute atomic E-state index is 0.0457. The molecule has 2 rings (SSSR count). The van der Waals surface area contributed by atoms with E-state index in [2.05, 4.69) is 10.3 Å². The minimum atomic E-state index is -0.494. The molecule has 0 bridgehead atoms. The summed E-state index contributed by atoms with van der Waals surface area (Å²) in [6.07, 6.45) is 0. The molecule has 1 heterocycles. The molecule has 0 saturated carbocycles. The van der Waals surface area contributed by atoms with Gasteiger partial charge in [-0.25, -0.2) is 4.98 Å². The Morgan fingerprint density at radius 1 is 1.53 bits per heavy atom. The second kappa shape index (κ2) is 5.02. The van der Waals surface area contributed by atoms with E-state index in [0.717, 1.165) is 11.3 Å². The molecular weight excluding hydrogens is 268 g/mol. The summed E-state index contributed by atoms with van der Waals surface area (Å²) in [6.45, 7) is 1.57. The number of nitrogens with two attached hydrogens (primary N) is 1. The van der Waals surface area contributed by atoms with E-state index in [4.69, 9.17) is 5.73 Å². The molecule has 0 atom stereocenters. The van der Waals surface area contributed by atoms with E-state index in [0.29, 0.717) is 16.4 Å². The normalized spacial score (nSPS) is 10.2. The lowest BCUT2D eigenvalue weighted by Gasteiger charge is -2.07. The molecule has 0 spiro atoms. The Morgan fingerprint density at radius 3 is 2.84 bits per heavy atom. The molecule has 0 unspecified atom stereocenters. The molecule has 7 nitrogen and oxygen atoms in total. The number of benzene rings is 1. The number of nitrogen functional groups attached to an aromatic ring is 1. The molecule has 2 aromatic rings. The summed E-state index contributed by atoms with van der Waals surface area (Å²) in [5, 5.41) is 15.2. The molecule has 1 aromatic carbocycles. The first kappa shape index (κ1) is 13.0. The zero-order chi connectivity index (χ0) is 14.0. The predicted octanol–water partition coefficient (Wildman–Crippen LogP) is 2.19. The molecule has 0 aliphatic carbocycles. The fourth-order valence-corrected chi connectivity index (χ4v) is 2.08. The van der Waals surface area contributed by atoms with Crippen LogP contribution in [-0.4, -0.2) is 15.8 Å². The number of hydrogen-bond donors (Lipinski definition) is 2. The highest BCUT2D eigenvalue weighted by atomic mass is 32.1. The monoisotopic (exact) mass is 278 g/mol. The number of hydrogen-bond acceptors (Lipinski definition) is 6. The van der Waals surface area contributed by atoms with E-state index in [1.165, 1.54) is 17.5 Å². The van der Waals surface area contributed by atoms with Crippen LogP contribution in [0.1, 0.15) is 16.1 Å². The van der Waals surface area contributed by atoms with Crippen LogP contribution in [0.3, 0.4) is 0 Å². The summed E-state index contributed by atoms with van der Waals surface area (Å²) in [4.78, 5) is 26.0. The number of nitro benzene ring substituents is 1. The standard InChI is InChI=1S/C11H10N4O3S/c1-6-7(3-2-4-9(6)15(17)18)13-10(16)8-5-19-11(12)14-8/h2-5H,1H3,(H2,12,14)(H,13,16). The molecule has 1 amide bonds. The summed E-state index contributed by atoms with van der Waals surface area (Å²) in [6, 6.07) is 4.48. The Morgan fingerprint density at radius 2 is 2.26 bits per heavy atom. The number of anilines is 2. The SMILES string of the molecule is Cc1c(NC(=O)c2csc(N)n2)cccc1[N+](=O)[O-]. The summed E-state index contributed by atoms with van der Waals surface area (Å²) in [5.74, 6) is -0.448. The fraction of sp³-hybridized carbons (Fsp3) is 0.0909. The fourth-order valence-electron chi connectivity index (χ4n) is 1.53. The number of nitro groups is 1. The molecule has 0 fully saturated rings. The molecule has 1 aromatic heterocycles. The van der Waals surface area contributed by atoms with Crippen LogP contribution in [0.25, 0.3) is 0 Å². The topological polar surface area (TPSA) is 111 Å². The van der Waals surface area contributed by atoms with Crippen LogP contribution in [0.5, 0.6) is 0 Å². The molecule has 0 saturated heterocycles. The number of amides is 1. The van der Waals surface area contributed by atoms with Gasteiger partial charge in [0.25, 0.3) is 11.6 Å². The molecule has 98 valence electrons. The van der Waals surface area contributed by atoms with Crippen molar-refractivity contribution in [3.05, 3.63) is 45.0 Å². The van der Waals surface area contributed by atoms with Gasteiger partial charge in [0.1, 0.15) is 5.69 Å². The second-order valence-corrected chi connectivity index (χ2v) is 4.62. The maximum atomic E-state index is 11.9.